The summed E-state index contributed by atoms with van der Waals surface area (Å²) >= 11 is 0. The summed E-state index contributed by atoms with van der Waals surface area (Å²) < 4.78 is 10.4. The van der Waals surface area contributed by atoms with Gasteiger partial charge >= 0.3 is 5.97 Å². The number of ether oxygens (including phenoxy) is 2. The largest absolute Gasteiger partial charge is 0.497 e. The van der Waals surface area contributed by atoms with Gasteiger partial charge in [-0.1, -0.05) is 12.0 Å². The van der Waals surface area contributed by atoms with Crippen molar-refractivity contribution in [1.82, 2.24) is 0 Å². The number of carbonyl (C=O) groups excluding carboxylic acids is 3. The highest BCUT2D eigenvalue weighted by Gasteiger charge is 2.10. The molecular formula is C24H17NO5. The van der Waals surface area contributed by atoms with Crippen LogP contribution in [0.4, 0.5) is 0 Å². The monoisotopic (exact) mass is 399 g/mol. The van der Waals surface area contributed by atoms with Crippen molar-refractivity contribution < 1.29 is 23.9 Å². The molecule has 148 valence electrons. The van der Waals surface area contributed by atoms with Gasteiger partial charge in [-0.2, -0.15) is 0 Å². The summed E-state index contributed by atoms with van der Waals surface area (Å²) in [6.07, 6.45) is 0. The Balaban J connectivity index is 1.65. The number of esters is 1. The summed E-state index contributed by atoms with van der Waals surface area (Å²) in [6.45, 7) is 0. The summed E-state index contributed by atoms with van der Waals surface area (Å²) in [5.74, 6) is 4.67. The van der Waals surface area contributed by atoms with Crippen LogP contribution in [0.5, 0.6) is 11.5 Å². The first-order valence-electron chi connectivity index (χ1n) is 8.89. The van der Waals surface area contributed by atoms with E-state index in [-0.39, 0.29) is 5.78 Å². The number of amides is 1. The molecule has 0 bridgehead atoms. The van der Waals surface area contributed by atoms with E-state index in [1.54, 1.807) is 48.5 Å². The fraction of sp³-hybridized carbons (Fsp3) is 0.0417. The highest BCUT2D eigenvalue weighted by Crippen LogP contribution is 2.17. The van der Waals surface area contributed by atoms with Gasteiger partial charge in [-0.05, 0) is 72.7 Å². The molecule has 3 rings (SSSR count). The van der Waals surface area contributed by atoms with Crippen molar-refractivity contribution in [2.75, 3.05) is 7.11 Å². The Morgan fingerprint density at radius 3 is 2.10 bits per heavy atom. The van der Waals surface area contributed by atoms with E-state index in [0.717, 1.165) is 0 Å². The number of carbonyl (C=O) groups is 3. The number of rotatable bonds is 5. The Morgan fingerprint density at radius 1 is 0.800 bits per heavy atom. The molecule has 0 saturated carbocycles. The van der Waals surface area contributed by atoms with E-state index >= 15 is 0 Å². The molecule has 30 heavy (non-hydrogen) atoms. The topological polar surface area (TPSA) is 95.7 Å². The van der Waals surface area contributed by atoms with Crippen molar-refractivity contribution in [1.29, 1.82) is 0 Å². The lowest BCUT2D eigenvalue weighted by molar-refractivity contribution is 0.0734. The molecule has 0 unspecified atom stereocenters. The Morgan fingerprint density at radius 2 is 1.47 bits per heavy atom. The van der Waals surface area contributed by atoms with Crippen LogP contribution in [0.3, 0.4) is 0 Å². The third-order valence-electron chi connectivity index (χ3n) is 4.12. The molecule has 0 radical (unpaired) electrons. The van der Waals surface area contributed by atoms with Crippen LogP contribution < -0.4 is 15.2 Å². The maximum atomic E-state index is 12.2. The Bertz CT molecular complexity index is 1150. The van der Waals surface area contributed by atoms with Crippen LogP contribution in [-0.2, 0) is 0 Å². The van der Waals surface area contributed by atoms with Gasteiger partial charge in [0.25, 0.3) is 0 Å². The second kappa shape index (κ2) is 9.22. The normalized spacial score (nSPS) is 9.77. The summed E-state index contributed by atoms with van der Waals surface area (Å²) in [4.78, 5) is 35.5. The lowest BCUT2D eigenvalue weighted by Crippen LogP contribution is -2.10. The number of Topliss-reactive ketones (excluding diaryl/α,β-unsaturated/α-hetero) is 1. The first-order valence-corrected chi connectivity index (χ1v) is 8.89. The minimum atomic E-state index is -0.535. The van der Waals surface area contributed by atoms with Crippen LogP contribution in [0.1, 0.15) is 36.6 Å². The van der Waals surface area contributed by atoms with E-state index in [1.165, 1.54) is 31.4 Å². The minimum absolute atomic E-state index is 0.300. The third-order valence-corrected chi connectivity index (χ3v) is 4.12. The van der Waals surface area contributed by atoms with Gasteiger partial charge in [-0.25, -0.2) is 4.79 Å². The SMILES string of the molecule is COc1cccc(C(=O)Oc2ccc(C(=O)C#Cc3ccc(C(N)=O)cc3)cc2)c1. The highest BCUT2D eigenvalue weighted by atomic mass is 16.5. The number of methoxy groups -OCH3 is 1. The summed E-state index contributed by atoms with van der Waals surface area (Å²) in [5, 5.41) is 0. The maximum Gasteiger partial charge on any atom is 0.343 e. The minimum Gasteiger partial charge on any atom is -0.497 e. The molecule has 0 fully saturated rings. The van der Waals surface area contributed by atoms with E-state index in [1.807, 2.05) is 0 Å². The van der Waals surface area contributed by atoms with Crippen LogP contribution >= 0.6 is 0 Å². The van der Waals surface area contributed by atoms with E-state index in [0.29, 0.717) is 33.8 Å². The maximum absolute atomic E-state index is 12.2. The zero-order valence-electron chi connectivity index (χ0n) is 16.0. The molecule has 0 spiro atoms. The number of nitrogens with two attached hydrogens (primary N) is 1. The lowest BCUT2D eigenvalue weighted by Gasteiger charge is -2.06. The van der Waals surface area contributed by atoms with Gasteiger partial charge in [0, 0.05) is 16.7 Å². The molecule has 0 aliphatic carbocycles. The second-order valence-electron chi connectivity index (χ2n) is 6.17. The van der Waals surface area contributed by atoms with Gasteiger partial charge in [0.2, 0.25) is 11.7 Å². The van der Waals surface area contributed by atoms with Gasteiger partial charge in [0.1, 0.15) is 11.5 Å². The average molecular weight is 399 g/mol. The molecule has 0 atom stereocenters. The van der Waals surface area contributed by atoms with Crippen LogP contribution in [0.15, 0.2) is 72.8 Å². The zero-order chi connectivity index (χ0) is 21.5. The molecule has 6 nitrogen and oxygen atoms in total. The van der Waals surface area contributed by atoms with Crippen molar-refractivity contribution >= 4 is 17.7 Å². The number of hydrogen-bond donors (Lipinski definition) is 1. The number of hydrogen-bond acceptors (Lipinski definition) is 5. The van der Waals surface area contributed by atoms with Crippen LogP contribution in [0.25, 0.3) is 0 Å². The summed E-state index contributed by atoms with van der Waals surface area (Å²) in [6, 6.07) is 19.0. The van der Waals surface area contributed by atoms with Gasteiger partial charge in [-0.3, -0.25) is 9.59 Å². The summed E-state index contributed by atoms with van der Waals surface area (Å²) in [5.41, 5.74) is 6.84. The first-order chi connectivity index (χ1) is 14.5. The molecular weight excluding hydrogens is 382 g/mol. The predicted molar refractivity (Wildman–Crippen MR) is 111 cm³/mol. The van der Waals surface area contributed by atoms with Crippen LogP contribution in [-0.4, -0.2) is 24.8 Å². The molecule has 2 N–H and O–H groups in total. The van der Waals surface area contributed by atoms with Gasteiger partial charge in [0.15, 0.2) is 0 Å². The lowest BCUT2D eigenvalue weighted by atomic mass is 10.1. The van der Waals surface area contributed by atoms with Crippen molar-refractivity contribution in [3.63, 3.8) is 0 Å². The van der Waals surface area contributed by atoms with Gasteiger partial charge < -0.3 is 15.2 Å². The molecule has 0 heterocycles. The first kappa shape index (κ1) is 20.4. The van der Waals surface area contributed by atoms with Crippen LogP contribution in [0.2, 0.25) is 0 Å². The zero-order valence-corrected chi connectivity index (χ0v) is 16.0. The molecule has 1 amide bonds. The number of benzene rings is 3. The molecule has 0 saturated heterocycles. The Hall–Kier alpha value is -4.37. The van der Waals surface area contributed by atoms with Crippen molar-refractivity contribution in [3.05, 3.63) is 95.1 Å². The van der Waals surface area contributed by atoms with E-state index in [2.05, 4.69) is 11.8 Å². The predicted octanol–water partition coefficient (Wildman–Crippen LogP) is 3.25. The molecule has 6 heteroatoms. The van der Waals surface area contributed by atoms with E-state index in [9.17, 15) is 14.4 Å². The summed E-state index contributed by atoms with van der Waals surface area (Å²) in [7, 11) is 1.51. The fourth-order valence-electron chi connectivity index (χ4n) is 2.51. The van der Waals surface area contributed by atoms with Crippen molar-refractivity contribution in [3.8, 4) is 23.3 Å². The average Bonchev–Trinajstić information content (AvgIpc) is 2.78. The highest BCUT2D eigenvalue weighted by molar-refractivity contribution is 6.09. The van der Waals surface area contributed by atoms with Gasteiger partial charge in [-0.15, -0.1) is 0 Å². The van der Waals surface area contributed by atoms with Crippen molar-refractivity contribution in [2.24, 2.45) is 5.73 Å². The van der Waals surface area contributed by atoms with Crippen molar-refractivity contribution in [2.45, 2.75) is 0 Å². The Labute approximate surface area is 173 Å². The van der Waals surface area contributed by atoms with Crippen LogP contribution in [0, 0.1) is 11.8 Å². The smallest absolute Gasteiger partial charge is 0.343 e. The molecule has 0 aliphatic heterocycles. The molecule has 3 aromatic carbocycles. The molecule has 3 aromatic rings. The van der Waals surface area contributed by atoms with E-state index < -0.39 is 11.9 Å². The van der Waals surface area contributed by atoms with E-state index in [4.69, 9.17) is 15.2 Å². The number of ketones is 1. The second-order valence-corrected chi connectivity index (χ2v) is 6.17. The quantitative estimate of drug-likeness (QED) is 0.308. The third kappa shape index (κ3) is 5.12. The fourth-order valence-corrected chi connectivity index (χ4v) is 2.51. The van der Waals surface area contributed by atoms with Gasteiger partial charge in [0.05, 0.1) is 12.7 Å². The Kier molecular flexibility index (Phi) is 6.26. The number of primary amides is 1. The molecule has 0 aromatic heterocycles. The molecule has 0 aliphatic rings. The standard InChI is InChI=1S/C24H17NO5/c1-29-21-4-2-3-19(15-21)24(28)30-20-12-10-17(11-13-20)22(26)14-7-16-5-8-18(9-6-16)23(25)27/h2-6,8-13,15H,1H3,(H2,25,27).